The third kappa shape index (κ3) is 2.66. The van der Waals surface area contributed by atoms with Crippen molar-refractivity contribution in [3.8, 4) is 0 Å². The highest BCUT2D eigenvalue weighted by Crippen LogP contribution is 2.07. The molecule has 1 rings (SSSR count). The van der Waals surface area contributed by atoms with Crippen molar-refractivity contribution in [2.24, 2.45) is 0 Å². The SMILES string of the molecule is CC(C)S(=O)(=O)Nc1cncnc1. The van der Waals surface area contributed by atoms with E-state index in [1.54, 1.807) is 13.8 Å². The Bertz CT molecular complexity index is 361. The number of rotatable bonds is 3. The molecule has 0 amide bonds. The summed E-state index contributed by atoms with van der Waals surface area (Å²) >= 11 is 0. The lowest BCUT2D eigenvalue weighted by Gasteiger charge is -2.09. The van der Waals surface area contributed by atoms with Gasteiger partial charge in [0.15, 0.2) is 0 Å². The average Bonchev–Trinajstić information content (AvgIpc) is 2.05. The Morgan fingerprint density at radius 3 is 2.31 bits per heavy atom. The molecule has 0 atom stereocenters. The van der Waals surface area contributed by atoms with Crippen molar-refractivity contribution < 1.29 is 8.42 Å². The molecule has 0 aromatic carbocycles. The van der Waals surface area contributed by atoms with Gasteiger partial charge >= 0.3 is 0 Å². The summed E-state index contributed by atoms with van der Waals surface area (Å²) < 4.78 is 25.0. The van der Waals surface area contributed by atoms with Crippen molar-refractivity contribution in [3.63, 3.8) is 0 Å². The van der Waals surface area contributed by atoms with Crippen LogP contribution in [0.2, 0.25) is 0 Å². The molecule has 6 heteroatoms. The van der Waals surface area contributed by atoms with Crippen LogP contribution in [0, 0.1) is 0 Å². The van der Waals surface area contributed by atoms with Crippen LogP contribution in [0.1, 0.15) is 13.8 Å². The molecule has 0 fully saturated rings. The predicted octanol–water partition coefficient (Wildman–Crippen LogP) is 0.627. The molecule has 0 saturated carbocycles. The predicted molar refractivity (Wildman–Crippen MR) is 49.7 cm³/mol. The molecule has 0 bridgehead atoms. The first-order chi connectivity index (χ1) is 6.02. The lowest BCUT2D eigenvalue weighted by atomic mass is 10.6. The maximum Gasteiger partial charge on any atom is 0.235 e. The molecule has 0 aliphatic heterocycles. The lowest BCUT2D eigenvalue weighted by Crippen LogP contribution is -2.22. The van der Waals surface area contributed by atoms with E-state index in [4.69, 9.17) is 0 Å². The molecule has 1 heterocycles. The third-order valence-corrected chi connectivity index (χ3v) is 3.20. The van der Waals surface area contributed by atoms with Gasteiger partial charge in [-0.25, -0.2) is 18.4 Å². The van der Waals surface area contributed by atoms with Gasteiger partial charge < -0.3 is 0 Å². The van der Waals surface area contributed by atoms with E-state index in [9.17, 15) is 8.42 Å². The Kier molecular flexibility index (Phi) is 2.82. The maximum atomic E-state index is 11.3. The van der Waals surface area contributed by atoms with Crippen LogP contribution in [0.25, 0.3) is 0 Å². The van der Waals surface area contributed by atoms with Crippen LogP contribution < -0.4 is 4.72 Å². The molecule has 5 nitrogen and oxygen atoms in total. The van der Waals surface area contributed by atoms with E-state index in [0.717, 1.165) is 0 Å². The fourth-order valence-corrected chi connectivity index (χ4v) is 1.30. The Labute approximate surface area is 77.3 Å². The highest BCUT2D eigenvalue weighted by molar-refractivity contribution is 7.93. The topological polar surface area (TPSA) is 72.0 Å². The Morgan fingerprint density at radius 2 is 1.85 bits per heavy atom. The molecule has 0 spiro atoms. The fraction of sp³-hybridized carbons (Fsp3) is 0.429. The van der Waals surface area contributed by atoms with E-state index in [1.165, 1.54) is 18.7 Å². The van der Waals surface area contributed by atoms with E-state index in [0.29, 0.717) is 5.69 Å². The van der Waals surface area contributed by atoms with E-state index in [-0.39, 0.29) is 0 Å². The van der Waals surface area contributed by atoms with Gasteiger partial charge in [0.05, 0.1) is 23.3 Å². The quantitative estimate of drug-likeness (QED) is 0.778. The van der Waals surface area contributed by atoms with Gasteiger partial charge in [0.1, 0.15) is 6.33 Å². The molecule has 1 aromatic heterocycles. The van der Waals surface area contributed by atoms with Crippen LogP contribution in [0.3, 0.4) is 0 Å². The first-order valence-corrected chi connectivity index (χ1v) is 5.33. The van der Waals surface area contributed by atoms with E-state index in [1.807, 2.05) is 0 Å². The van der Waals surface area contributed by atoms with Gasteiger partial charge in [-0.2, -0.15) is 0 Å². The summed E-state index contributed by atoms with van der Waals surface area (Å²) in [5.41, 5.74) is 0.385. The number of hydrogen-bond acceptors (Lipinski definition) is 4. The number of anilines is 1. The monoisotopic (exact) mass is 201 g/mol. The summed E-state index contributed by atoms with van der Waals surface area (Å²) in [6.07, 6.45) is 4.16. The number of aromatic nitrogens is 2. The molecular formula is C7H11N3O2S. The summed E-state index contributed by atoms with van der Waals surface area (Å²) in [6, 6.07) is 0. The van der Waals surface area contributed by atoms with Crippen LogP contribution in [0.4, 0.5) is 5.69 Å². The van der Waals surface area contributed by atoms with Gasteiger partial charge in [0.2, 0.25) is 10.0 Å². The summed E-state index contributed by atoms with van der Waals surface area (Å²) in [5.74, 6) is 0. The molecule has 0 aliphatic rings. The Morgan fingerprint density at radius 1 is 1.31 bits per heavy atom. The molecule has 72 valence electrons. The maximum absolute atomic E-state index is 11.3. The highest BCUT2D eigenvalue weighted by atomic mass is 32.2. The minimum Gasteiger partial charge on any atom is -0.280 e. The summed E-state index contributed by atoms with van der Waals surface area (Å²) in [6.45, 7) is 3.21. The van der Waals surface area contributed by atoms with Crippen molar-refractivity contribution in [2.75, 3.05) is 4.72 Å². The van der Waals surface area contributed by atoms with Gasteiger partial charge in [0.25, 0.3) is 0 Å². The van der Waals surface area contributed by atoms with Gasteiger partial charge in [-0.15, -0.1) is 0 Å². The van der Waals surface area contributed by atoms with Gasteiger partial charge in [0, 0.05) is 0 Å². The Balaban J connectivity index is 2.82. The zero-order valence-electron chi connectivity index (χ0n) is 7.43. The number of sulfonamides is 1. The minimum absolute atomic E-state index is 0.385. The highest BCUT2D eigenvalue weighted by Gasteiger charge is 2.15. The molecular weight excluding hydrogens is 190 g/mol. The van der Waals surface area contributed by atoms with Crippen LogP contribution >= 0.6 is 0 Å². The standard InChI is InChI=1S/C7H11N3O2S/c1-6(2)13(11,12)10-7-3-8-5-9-4-7/h3-6,10H,1-2H3. The number of hydrogen-bond donors (Lipinski definition) is 1. The van der Waals surface area contributed by atoms with Crippen molar-refractivity contribution in [2.45, 2.75) is 19.1 Å². The van der Waals surface area contributed by atoms with Crippen LogP contribution in [-0.4, -0.2) is 23.6 Å². The molecule has 1 aromatic rings. The Hall–Kier alpha value is -1.17. The van der Waals surface area contributed by atoms with Gasteiger partial charge in [-0.1, -0.05) is 0 Å². The third-order valence-electron chi connectivity index (χ3n) is 1.44. The lowest BCUT2D eigenvalue weighted by molar-refractivity contribution is 0.592. The largest absolute Gasteiger partial charge is 0.280 e. The normalized spacial score (nSPS) is 11.6. The molecule has 0 saturated heterocycles. The second kappa shape index (κ2) is 3.69. The summed E-state index contributed by atoms with van der Waals surface area (Å²) in [4.78, 5) is 7.38. The van der Waals surface area contributed by atoms with Crippen molar-refractivity contribution in [1.29, 1.82) is 0 Å². The fourth-order valence-electron chi connectivity index (χ4n) is 0.634. The van der Waals surface area contributed by atoms with Crippen LogP contribution in [0.15, 0.2) is 18.7 Å². The average molecular weight is 201 g/mol. The minimum atomic E-state index is -3.28. The first-order valence-electron chi connectivity index (χ1n) is 3.79. The number of nitrogens with one attached hydrogen (secondary N) is 1. The molecule has 0 radical (unpaired) electrons. The van der Waals surface area contributed by atoms with Gasteiger partial charge in [-0.05, 0) is 13.8 Å². The van der Waals surface area contributed by atoms with Crippen molar-refractivity contribution >= 4 is 15.7 Å². The van der Waals surface area contributed by atoms with E-state index >= 15 is 0 Å². The smallest absolute Gasteiger partial charge is 0.235 e. The van der Waals surface area contributed by atoms with Crippen molar-refractivity contribution in [1.82, 2.24) is 9.97 Å². The second-order valence-electron chi connectivity index (χ2n) is 2.82. The molecule has 1 N–H and O–H groups in total. The molecule has 0 aliphatic carbocycles. The number of nitrogens with zero attached hydrogens (tertiary/aromatic N) is 2. The van der Waals surface area contributed by atoms with Gasteiger partial charge in [-0.3, -0.25) is 4.72 Å². The second-order valence-corrected chi connectivity index (χ2v) is 5.06. The van der Waals surface area contributed by atoms with Crippen LogP contribution in [0.5, 0.6) is 0 Å². The molecule has 0 unspecified atom stereocenters. The zero-order valence-corrected chi connectivity index (χ0v) is 8.25. The van der Waals surface area contributed by atoms with E-state index < -0.39 is 15.3 Å². The zero-order chi connectivity index (χ0) is 9.90. The van der Waals surface area contributed by atoms with Crippen LogP contribution in [-0.2, 0) is 10.0 Å². The molecule has 13 heavy (non-hydrogen) atoms. The summed E-state index contributed by atoms with van der Waals surface area (Å²) in [7, 11) is -3.28. The summed E-state index contributed by atoms with van der Waals surface area (Å²) in [5, 5.41) is -0.465. The first kappa shape index (κ1) is 9.91. The van der Waals surface area contributed by atoms with Crippen molar-refractivity contribution in [3.05, 3.63) is 18.7 Å². The van der Waals surface area contributed by atoms with E-state index in [2.05, 4.69) is 14.7 Å².